The van der Waals surface area contributed by atoms with Gasteiger partial charge in [0, 0.05) is 11.8 Å². The maximum absolute atomic E-state index is 11.1. The smallest absolute Gasteiger partial charge is 0.163 e. The zero-order valence-corrected chi connectivity index (χ0v) is 8.56. The molecule has 0 bridgehead atoms. The minimum absolute atomic E-state index is 0.00116. The lowest BCUT2D eigenvalue weighted by Gasteiger charge is -2.17. The molecule has 4 heteroatoms. The molecule has 0 saturated heterocycles. The van der Waals surface area contributed by atoms with Crippen molar-refractivity contribution >= 4 is 17.5 Å². The van der Waals surface area contributed by atoms with E-state index in [0.717, 1.165) is 10.6 Å². The van der Waals surface area contributed by atoms with Gasteiger partial charge in [-0.1, -0.05) is 0 Å². The predicted octanol–water partition coefficient (Wildman–Crippen LogP) is 2.08. The molecule has 1 aromatic carbocycles. The zero-order valence-electron chi connectivity index (χ0n) is 7.74. The van der Waals surface area contributed by atoms with Gasteiger partial charge < -0.3 is 9.84 Å². The van der Waals surface area contributed by atoms with Crippen molar-refractivity contribution in [1.82, 2.24) is 0 Å². The first-order chi connectivity index (χ1) is 6.68. The van der Waals surface area contributed by atoms with Gasteiger partial charge in [0.1, 0.15) is 11.5 Å². The van der Waals surface area contributed by atoms with E-state index in [0.29, 0.717) is 17.9 Å². The number of ether oxygens (including phenoxy) is 1. The monoisotopic (exact) mass is 210 g/mol. The van der Waals surface area contributed by atoms with Gasteiger partial charge in [0.15, 0.2) is 5.78 Å². The maximum atomic E-state index is 11.1. The summed E-state index contributed by atoms with van der Waals surface area (Å²) in [5.74, 6) is 1.42. The highest BCUT2D eigenvalue weighted by atomic mass is 32.2. The molecule has 0 fully saturated rings. The fourth-order valence-corrected chi connectivity index (χ4v) is 2.21. The highest BCUT2D eigenvalue weighted by Crippen LogP contribution is 2.37. The summed E-state index contributed by atoms with van der Waals surface area (Å²) in [5, 5.41) is 9.53. The molecule has 3 nitrogen and oxygen atoms in total. The molecule has 0 radical (unpaired) electrons. The largest absolute Gasteiger partial charge is 0.507 e. The molecule has 1 aliphatic heterocycles. The Labute approximate surface area is 86.1 Å². The van der Waals surface area contributed by atoms with E-state index in [1.807, 2.05) is 0 Å². The van der Waals surface area contributed by atoms with Crippen LogP contribution in [0.5, 0.6) is 11.5 Å². The molecule has 1 aromatic rings. The molecule has 1 heterocycles. The van der Waals surface area contributed by atoms with Crippen LogP contribution in [0.4, 0.5) is 0 Å². The van der Waals surface area contributed by atoms with Crippen molar-refractivity contribution in [2.24, 2.45) is 0 Å². The van der Waals surface area contributed by atoms with Crippen molar-refractivity contribution in [2.45, 2.75) is 11.8 Å². The van der Waals surface area contributed by atoms with Crippen molar-refractivity contribution in [3.05, 3.63) is 17.7 Å². The number of phenols is 1. The van der Waals surface area contributed by atoms with Crippen LogP contribution in [0.25, 0.3) is 0 Å². The quantitative estimate of drug-likeness (QED) is 0.721. The molecular formula is C10H10O3S. The minimum atomic E-state index is -0.128. The lowest BCUT2D eigenvalue weighted by atomic mass is 10.1. The van der Waals surface area contributed by atoms with Gasteiger partial charge in [-0.05, 0) is 13.0 Å². The lowest BCUT2D eigenvalue weighted by molar-refractivity contribution is 0.101. The number of thioether (sulfide) groups is 1. The maximum Gasteiger partial charge on any atom is 0.163 e. The van der Waals surface area contributed by atoms with Gasteiger partial charge in [-0.2, -0.15) is 0 Å². The second kappa shape index (κ2) is 3.53. The number of rotatable bonds is 1. The van der Waals surface area contributed by atoms with Gasteiger partial charge in [-0.3, -0.25) is 4.79 Å². The van der Waals surface area contributed by atoms with Gasteiger partial charge in [0.2, 0.25) is 0 Å². The van der Waals surface area contributed by atoms with E-state index in [1.165, 1.54) is 13.0 Å². The molecular weight excluding hydrogens is 200 g/mol. The molecule has 1 N–H and O–H groups in total. The van der Waals surface area contributed by atoms with Crippen LogP contribution in [0.1, 0.15) is 17.3 Å². The first-order valence-corrected chi connectivity index (χ1v) is 5.30. The summed E-state index contributed by atoms with van der Waals surface area (Å²) >= 11 is 1.64. The zero-order chi connectivity index (χ0) is 10.1. The number of aromatic hydroxyl groups is 1. The molecule has 0 unspecified atom stereocenters. The molecule has 0 aromatic heterocycles. The van der Waals surface area contributed by atoms with E-state index in [1.54, 1.807) is 17.8 Å². The SMILES string of the molecule is CC(=O)c1cc2c(cc1O)OCCS2. The van der Waals surface area contributed by atoms with Crippen LogP contribution in [0, 0.1) is 0 Å². The first kappa shape index (κ1) is 9.40. The van der Waals surface area contributed by atoms with Crippen molar-refractivity contribution in [2.75, 3.05) is 12.4 Å². The Kier molecular flexibility index (Phi) is 2.37. The summed E-state index contributed by atoms with van der Waals surface area (Å²) in [6, 6.07) is 3.20. The Hall–Kier alpha value is -1.16. The van der Waals surface area contributed by atoms with Gasteiger partial charge >= 0.3 is 0 Å². The Morgan fingerprint density at radius 3 is 3.07 bits per heavy atom. The Bertz CT molecular complexity index is 387. The number of Topliss-reactive ketones (excluding diaryl/α,β-unsaturated/α-hetero) is 1. The van der Waals surface area contributed by atoms with Crippen LogP contribution in [0.2, 0.25) is 0 Å². The van der Waals surface area contributed by atoms with Gasteiger partial charge in [0.25, 0.3) is 0 Å². The molecule has 0 amide bonds. The number of hydrogen-bond donors (Lipinski definition) is 1. The number of phenolic OH excluding ortho intramolecular Hbond substituents is 1. The third kappa shape index (κ3) is 1.57. The van der Waals surface area contributed by atoms with E-state index in [-0.39, 0.29) is 11.5 Å². The Morgan fingerprint density at radius 1 is 1.57 bits per heavy atom. The third-order valence-corrected chi connectivity index (χ3v) is 3.04. The highest BCUT2D eigenvalue weighted by Gasteiger charge is 2.16. The van der Waals surface area contributed by atoms with Gasteiger partial charge in [-0.15, -0.1) is 11.8 Å². The molecule has 0 aliphatic carbocycles. The normalized spacial score (nSPS) is 14.4. The summed E-state index contributed by atoms with van der Waals surface area (Å²) < 4.78 is 5.35. The van der Waals surface area contributed by atoms with Crippen molar-refractivity contribution in [3.63, 3.8) is 0 Å². The Balaban J connectivity index is 2.50. The van der Waals surface area contributed by atoms with Crippen LogP contribution in [-0.2, 0) is 0 Å². The third-order valence-electron chi connectivity index (χ3n) is 2.04. The van der Waals surface area contributed by atoms with Crippen molar-refractivity contribution < 1.29 is 14.6 Å². The Morgan fingerprint density at radius 2 is 2.36 bits per heavy atom. The number of benzene rings is 1. The molecule has 0 saturated carbocycles. The second-order valence-electron chi connectivity index (χ2n) is 3.07. The summed E-state index contributed by atoms with van der Waals surface area (Å²) in [7, 11) is 0. The standard InChI is InChI=1S/C10H10O3S/c1-6(11)7-4-10-9(5-8(7)12)13-2-3-14-10/h4-5,12H,2-3H2,1H3. The van der Waals surface area contributed by atoms with Gasteiger partial charge in [0.05, 0.1) is 17.1 Å². The van der Waals surface area contributed by atoms with E-state index >= 15 is 0 Å². The number of carbonyl (C=O) groups excluding carboxylic acids is 1. The predicted molar refractivity (Wildman–Crippen MR) is 54.3 cm³/mol. The first-order valence-electron chi connectivity index (χ1n) is 4.32. The average molecular weight is 210 g/mol. The highest BCUT2D eigenvalue weighted by molar-refractivity contribution is 7.99. The molecule has 1 aliphatic rings. The second-order valence-corrected chi connectivity index (χ2v) is 4.21. The number of fused-ring (bicyclic) bond motifs is 1. The molecule has 0 spiro atoms. The number of hydrogen-bond acceptors (Lipinski definition) is 4. The van der Waals surface area contributed by atoms with Crippen LogP contribution in [0.15, 0.2) is 17.0 Å². The summed E-state index contributed by atoms with van der Waals surface area (Å²) in [5.41, 5.74) is 0.363. The van der Waals surface area contributed by atoms with Crippen molar-refractivity contribution in [1.29, 1.82) is 0 Å². The van der Waals surface area contributed by atoms with Crippen LogP contribution >= 0.6 is 11.8 Å². The van der Waals surface area contributed by atoms with Crippen LogP contribution in [-0.4, -0.2) is 23.2 Å². The number of ketones is 1. The van der Waals surface area contributed by atoms with E-state index < -0.39 is 0 Å². The minimum Gasteiger partial charge on any atom is -0.507 e. The fourth-order valence-electron chi connectivity index (χ4n) is 1.36. The van der Waals surface area contributed by atoms with E-state index in [2.05, 4.69) is 0 Å². The fraction of sp³-hybridized carbons (Fsp3) is 0.300. The van der Waals surface area contributed by atoms with E-state index in [4.69, 9.17) is 4.74 Å². The van der Waals surface area contributed by atoms with E-state index in [9.17, 15) is 9.90 Å². The molecule has 74 valence electrons. The topological polar surface area (TPSA) is 46.5 Å². The lowest BCUT2D eigenvalue weighted by Crippen LogP contribution is -2.07. The molecule has 2 rings (SSSR count). The molecule has 0 atom stereocenters. The summed E-state index contributed by atoms with van der Waals surface area (Å²) in [6.45, 7) is 2.09. The average Bonchev–Trinajstić information content (AvgIpc) is 2.16. The van der Waals surface area contributed by atoms with Gasteiger partial charge in [-0.25, -0.2) is 0 Å². The summed E-state index contributed by atoms with van der Waals surface area (Å²) in [6.07, 6.45) is 0. The summed E-state index contributed by atoms with van der Waals surface area (Å²) in [4.78, 5) is 12.1. The molecule has 14 heavy (non-hydrogen) atoms. The van der Waals surface area contributed by atoms with Crippen LogP contribution < -0.4 is 4.74 Å². The number of carbonyl (C=O) groups is 1. The van der Waals surface area contributed by atoms with Crippen molar-refractivity contribution in [3.8, 4) is 11.5 Å². The van der Waals surface area contributed by atoms with Crippen LogP contribution in [0.3, 0.4) is 0 Å².